The summed E-state index contributed by atoms with van der Waals surface area (Å²) in [6.07, 6.45) is 0. The molecule has 1 unspecified atom stereocenters. The Morgan fingerprint density at radius 2 is 1.21 bits per heavy atom. The van der Waals surface area contributed by atoms with Gasteiger partial charge in [-0.3, -0.25) is 4.79 Å². The third kappa shape index (κ3) is 4.64. The topological polar surface area (TPSA) is 40.5 Å². The number of benzene rings is 3. The Hall–Kier alpha value is -3.17. The average molecular weight is 386 g/mol. The van der Waals surface area contributed by atoms with E-state index in [1.807, 2.05) is 24.3 Å². The number of aryl methyl sites for hydroxylation is 2. The highest BCUT2D eigenvalue weighted by atomic mass is 16.3. The quantitative estimate of drug-likeness (QED) is 0.508. The number of anilines is 3. The summed E-state index contributed by atoms with van der Waals surface area (Å²) in [4.78, 5) is 14.5. The summed E-state index contributed by atoms with van der Waals surface area (Å²) in [5.41, 5.74) is 6.76. The molecule has 0 heterocycles. The van der Waals surface area contributed by atoms with E-state index in [0.29, 0.717) is 5.57 Å². The molecule has 0 aliphatic carbocycles. The van der Waals surface area contributed by atoms with Gasteiger partial charge in [-0.05, 0) is 68.3 Å². The molecule has 3 aromatic rings. The van der Waals surface area contributed by atoms with Crippen LogP contribution >= 0.6 is 0 Å². The molecule has 0 aliphatic heterocycles. The van der Waals surface area contributed by atoms with Crippen molar-refractivity contribution in [1.29, 1.82) is 0 Å². The van der Waals surface area contributed by atoms with E-state index in [1.54, 1.807) is 6.92 Å². The number of carbonyl (C=O) groups is 1. The number of nitrogens with zero attached hydrogens (tertiary/aromatic N) is 1. The Bertz CT molecular complexity index is 941. The molecular formula is C26H27NO2. The summed E-state index contributed by atoms with van der Waals surface area (Å²) in [5, 5.41) is 9.71. The molecule has 0 aromatic heterocycles. The van der Waals surface area contributed by atoms with Gasteiger partial charge in [-0.15, -0.1) is 0 Å². The number of Topliss-reactive ketones (excluding diaryl/α,β-unsaturated/α-hetero) is 1. The second-order valence-corrected chi connectivity index (χ2v) is 7.48. The number of hydrogen-bond donors (Lipinski definition) is 1. The van der Waals surface area contributed by atoms with Gasteiger partial charge in [-0.1, -0.05) is 54.1 Å². The van der Waals surface area contributed by atoms with Gasteiger partial charge in [0.05, 0.1) is 12.5 Å². The zero-order valence-corrected chi connectivity index (χ0v) is 17.2. The van der Waals surface area contributed by atoms with Gasteiger partial charge in [0.25, 0.3) is 0 Å². The fourth-order valence-corrected chi connectivity index (χ4v) is 3.33. The van der Waals surface area contributed by atoms with Gasteiger partial charge < -0.3 is 10.0 Å². The van der Waals surface area contributed by atoms with E-state index in [4.69, 9.17) is 0 Å². The Labute approximate surface area is 172 Å². The molecular weight excluding hydrogens is 358 g/mol. The van der Waals surface area contributed by atoms with Crippen LogP contribution in [0.15, 0.2) is 84.9 Å². The molecule has 3 nitrogen and oxygen atoms in total. The van der Waals surface area contributed by atoms with Gasteiger partial charge in [-0.25, -0.2) is 0 Å². The molecule has 0 radical (unpaired) electrons. The van der Waals surface area contributed by atoms with Crippen molar-refractivity contribution in [2.75, 3.05) is 11.5 Å². The van der Waals surface area contributed by atoms with E-state index in [0.717, 1.165) is 22.6 Å². The molecule has 0 spiro atoms. The van der Waals surface area contributed by atoms with Crippen LogP contribution in [0.1, 0.15) is 29.5 Å². The lowest BCUT2D eigenvalue weighted by Gasteiger charge is -2.26. The van der Waals surface area contributed by atoms with E-state index in [-0.39, 0.29) is 12.4 Å². The van der Waals surface area contributed by atoms with E-state index < -0.39 is 5.92 Å². The van der Waals surface area contributed by atoms with Gasteiger partial charge in [-0.2, -0.15) is 0 Å². The van der Waals surface area contributed by atoms with Crippen molar-refractivity contribution in [2.24, 2.45) is 0 Å². The number of hydrogen-bond acceptors (Lipinski definition) is 3. The van der Waals surface area contributed by atoms with Crippen LogP contribution in [-0.4, -0.2) is 17.5 Å². The lowest BCUT2D eigenvalue weighted by Crippen LogP contribution is -2.17. The van der Waals surface area contributed by atoms with Gasteiger partial charge in [0.15, 0.2) is 5.78 Å². The maximum Gasteiger partial charge on any atom is 0.167 e. The molecule has 29 heavy (non-hydrogen) atoms. The fourth-order valence-electron chi connectivity index (χ4n) is 3.33. The Balaban J connectivity index is 2.02. The van der Waals surface area contributed by atoms with E-state index in [1.165, 1.54) is 11.1 Å². The van der Waals surface area contributed by atoms with Crippen molar-refractivity contribution in [3.63, 3.8) is 0 Å². The van der Waals surface area contributed by atoms with Crippen molar-refractivity contribution in [2.45, 2.75) is 26.7 Å². The number of aliphatic hydroxyl groups excluding tert-OH is 1. The number of ketones is 1. The van der Waals surface area contributed by atoms with Crippen LogP contribution in [0.5, 0.6) is 0 Å². The minimum absolute atomic E-state index is 0.130. The lowest BCUT2D eigenvalue weighted by molar-refractivity contribution is -0.117. The van der Waals surface area contributed by atoms with Crippen molar-refractivity contribution in [1.82, 2.24) is 0 Å². The average Bonchev–Trinajstić information content (AvgIpc) is 2.72. The lowest BCUT2D eigenvalue weighted by atomic mass is 9.92. The Morgan fingerprint density at radius 3 is 1.55 bits per heavy atom. The second-order valence-electron chi connectivity index (χ2n) is 7.48. The molecule has 0 saturated carbocycles. The van der Waals surface area contributed by atoms with Crippen LogP contribution in [0.25, 0.3) is 0 Å². The summed E-state index contributed by atoms with van der Waals surface area (Å²) in [6.45, 7) is 9.31. The maximum atomic E-state index is 12.3. The maximum absolute atomic E-state index is 12.3. The van der Waals surface area contributed by atoms with Crippen molar-refractivity contribution in [3.8, 4) is 0 Å². The Morgan fingerprint density at radius 1 is 0.828 bits per heavy atom. The smallest absolute Gasteiger partial charge is 0.167 e. The molecule has 1 atom stereocenters. The van der Waals surface area contributed by atoms with Crippen molar-refractivity contribution >= 4 is 22.8 Å². The van der Waals surface area contributed by atoms with E-state index in [9.17, 15) is 9.90 Å². The molecule has 148 valence electrons. The minimum Gasteiger partial charge on any atom is -0.395 e. The first-order valence-corrected chi connectivity index (χ1v) is 9.74. The molecule has 0 fully saturated rings. The molecule has 0 aliphatic rings. The predicted molar refractivity (Wildman–Crippen MR) is 120 cm³/mol. The van der Waals surface area contributed by atoms with Crippen LogP contribution in [0.2, 0.25) is 0 Å². The number of carbonyl (C=O) groups excluding carboxylic acids is 1. The second kappa shape index (κ2) is 8.89. The highest BCUT2D eigenvalue weighted by molar-refractivity contribution is 5.99. The summed E-state index contributed by atoms with van der Waals surface area (Å²) >= 11 is 0. The monoisotopic (exact) mass is 385 g/mol. The first kappa shape index (κ1) is 20.6. The van der Waals surface area contributed by atoms with Crippen LogP contribution in [0.4, 0.5) is 17.1 Å². The first-order chi connectivity index (χ1) is 13.9. The van der Waals surface area contributed by atoms with Crippen LogP contribution in [0.3, 0.4) is 0 Å². The predicted octanol–water partition coefficient (Wildman–Crippen LogP) is 5.99. The normalized spacial score (nSPS) is 11.7. The highest BCUT2D eigenvalue weighted by Crippen LogP contribution is 2.35. The van der Waals surface area contributed by atoms with Gasteiger partial charge >= 0.3 is 0 Å². The van der Waals surface area contributed by atoms with Gasteiger partial charge in [0, 0.05) is 17.1 Å². The van der Waals surface area contributed by atoms with Crippen molar-refractivity contribution in [3.05, 3.63) is 102 Å². The van der Waals surface area contributed by atoms with E-state index in [2.05, 4.69) is 73.9 Å². The number of aliphatic hydroxyl groups is 1. The van der Waals surface area contributed by atoms with E-state index >= 15 is 0 Å². The molecule has 0 saturated heterocycles. The molecule has 0 amide bonds. The molecule has 3 heteroatoms. The molecule has 0 bridgehead atoms. The molecule has 1 N–H and O–H groups in total. The highest BCUT2D eigenvalue weighted by Gasteiger charge is 2.21. The standard InChI is InChI=1S/C26H27NO2/c1-18(2)26(29)25(17-28)21-9-15-24(16-10-21)27(22-11-5-19(3)6-12-22)23-13-7-20(4)8-14-23/h5-16,25,28H,1,17H2,2-4H3. The third-order valence-electron chi connectivity index (χ3n) is 5.06. The third-order valence-corrected chi connectivity index (χ3v) is 5.06. The van der Waals surface area contributed by atoms with Crippen LogP contribution in [-0.2, 0) is 4.79 Å². The summed E-state index contributed by atoms with van der Waals surface area (Å²) < 4.78 is 0. The molecule has 3 aromatic carbocycles. The summed E-state index contributed by atoms with van der Waals surface area (Å²) in [6, 6.07) is 24.6. The number of rotatable bonds is 7. The number of allylic oxidation sites excluding steroid dienone is 1. The fraction of sp³-hybridized carbons (Fsp3) is 0.192. The zero-order valence-electron chi connectivity index (χ0n) is 17.2. The molecule has 3 rings (SSSR count). The Kier molecular flexibility index (Phi) is 6.30. The van der Waals surface area contributed by atoms with Gasteiger partial charge in [0.2, 0.25) is 0 Å². The summed E-state index contributed by atoms with van der Waals surface area (Å²) in [5.74, 6) is -0.706. The largest absolute Gasteiger partial charge is 0.395 e. The van der Waals surface area contributed by atoms with Crippen molar-refractivity contribution < 1.29 is 9.90 Å². The SMILES string of the molecule is C=C(C)C(=O)C(CO)c1ccc(N(c2ccc(C)cc2)c2ccc(C)cc2)cc1. The van der Waals surface area contributed by atoms with Gasteiger partial charge in [0.1, 0.15) is 0 Å². The first-order valence-electron chi connectivity index (χ1n) is 9.74. The van der Waals surface area contributed by atoms with Crippen LogP contribution < -0.4 is 4.90 Å². The summed E-state index contributed by atoms with van der Waals surface area (Å²) in [7, 11) is 0. The van der Waals surface area contributed by atoms with Crippen LogP contribution in [0, 0.1) is 13.8 Å². The minimum atomic E-state index is -0.575. The zero-order chi connectivity index (χ0) is 21.0.